The van der Waals surface area contributed by atoms with Gasteiger partial charge in [-0.25, -0.2) is 13.4 Å². The topological polar surface area (TPSA) is 102 Å². The minimum atomic E-state index is -3.46. The number of nitrogens with one attached hydrogen (secondary N) is 1. The van der Waals surface area contributed by atoms with Crippen LogP contribution < -0.4 is 5.32 Å². The van der Waals surface area contributed by atoms with Gasteiger partial charge in [-0.2, -0.15) is 0 Å². The average Bonchev–Trinajstić information content (AvgIpc) is 3.05. The summed E-state index contributed by atoms with van der Waals surface area (Å²) in [4.78, 5) is 14.3. The van der Waals surface area contributed by atoms with Crippen LogP contribution in [0.4, 0.5) is 5.69 Å². The maximum Gasteiger partial charge on any atom is 0.271 e. The average molecular weight is 327 g/mol. The summed E-state index contributed by atoms with van der Waals surface area (Å²) < 4.78 is 25.4. The van der Waals surface area contributed by atoms with Crippen LogP contribution >= 0.6 is 11.3 Å². The van der Waals surface area contributed by atoms with E-state index in [2.05, 4.69) is 10.3 Å². The summed E-state index contributed by atoms with van der Waals surface area (Å²) in [5.41, 5.74) is 0.265. The second-order valence-corrected chi connectivity index (χ2v) is 8.20. The normalized spacial score (nSPS) is 19.1. The second kappa shape index (κ2) is 5.32. The van der Waals surface area contributed by atoms with Crippen molar-refractivity contribution in [3.8, 4) is 0 Å². The van der Waals surface area contributed by atoms with Crippen molar-refractivity contribution in [3.63, 3.8) is 0 Å². The van der Waals surface area contributed by atoms with E-state index in [0.29, 0.717) is 10.2 Å². The van der Waals surface area contributed by atoms with Gasteiger partial charge in [0.2, 0.25) is 14.2 Å². The van der Waals surface area contributed by atoms with Gasteiger partial charge in [-0.15, -0.1) is 11.3 Å². The fraction of sp³-hybridized carbons (Fsp3) is 0.417. The van der Waals surface area contributed by atoms with Gasteiger partial charge in [0.25, 0.3) is 5.69 Å². The molecule has 1 aliphatic rings. The number of hydrogen-bond acceptors (Lipinski definition) is 7. The van der Waals surface area contributed by atoms with Crippen LogP contribution in [0.3, 0.4) is 0 Å². The lowest BCUT2D eigenvalue weighted by Crippen LogP contribution is -2.29. The number of nitro groups is 1. The van der Waals surface area contributed by atoms with Crippen LogP contribution in [0.25, 0.3) is 10.2 Å². The van der Waals surface area contributed by atoms with E-state index in [4.69, 9.17) is 0 Å². The summed E-state index contributed by atoms with van der Waals surface area (Å²) in [6, 6.07) is 4.17. The van der Waals surface area contributed by atoms with E-state index in [0.717, 1.165) is 30.7 Å². The van der Waals surface area contributed by atoms with Crippen LogP contribution in [0.15, 0.2) is 22.5 Å². The lowest BCUT2D eigenvalue weighted by molar-refractivity contribution is -0.384. The van der Waals surface area contributed by atoms with Gasteiger partial charge in [-0.1, -0.05) is 0 Å². The largest absolute Gasteiger partial charge is 0.313 e. The van der Waals surface area contributed by atoms with Crippen molar-refractivity contribution >= 4 is 37.1 Å². The predicted molar refractivity (Wildman–Crippen MR) is 79.4 cm³/mol. The number of non-ortho nitro benzene ring substituents is 1. The maximum absolute atomic E-state index is 12.4. The van der Waals surface area contributed by atoms with Crippen molar-refractivity contribution in [3.05, 3.63) is 28.3 Å². The number of sulfone groups is 1. The molecule has 0 saturated carbocycles. The van der Waals surface area contributed by atoms with Gasteiger partial charge in [-0.3, -0.25) is 10.1 Å². The first-order chi connectivity index (χ1) is 9.95. The van der Waals surface area contributed by atoms with Crippen LogP contribution in [-0.4, -0.2) is 36.7 Å². The number of nitro benzene ring substituents is 1. The van der Waals surface area contributed by atoms with Gasteiger partial charge in [0, 0.05) is 18.2 Å². The van der Waals surface area contributed by atoms with E-state index in [1.165, 1.54) is 18.2 Å². The molecule has 1 N–H and O–H groups in total. The Hall–Kier alpha value is -1.58. The fourth-order valence-corrected chi connectivity index (χ4v) is 5.23. The van der Waals surface area contributed by atoms with Gasteiger partial charge in [0.15, 0.2) is 0 Å². The summed E-state index contributed by atoms with van der Waals surface area (Å²) in [5, 5.41) is 13.9. The highest BCUT2D eigenvalue weighted by molar-refractivity contribution is 7.93. The van der Waals surface area contributed by atoms with Crippen LogP contribution in [0.2, 0.25) is 0 Å². The van der Waals surface area contributed by atoms with Crippen molar-refractivity contribution in [2.45, 2.75) is 23.2 Å². The molecule has 1 fully saturated rings. The van der Waals surface area contributed by atoms with Gasteiger partial charge < -0.3 is 5.32 Å². The van der Waals surface area contributed by atoms with Gasteiger partial charge in [0.1, 0.15) is 0 Å². The Labute approximate surface area is 125 Å². The number of benzene rings is 1. The Morgan fingerprint density at radius 1 is 1.48 bits per heavy atom. The van der Waals surface area contributed by atoms with E-state index in [-0.39, 0.29) is 21.8 Å². The molecule has 3 rings (SSSR count). The Morgan fingerprint density at radius 3 is 2.95 bits per heavy atom. The molecule has 1 aliphatic heterocycles. The molecular weight excluding hydrogens is 314 g/mol. The fourth-order valence-electron chi connectivity index (χ4n) is 2.38. The first kappa shape index (κ1) is 14.4. The zero-order valence-electron chi connectivity index (χ0n) is 11.0. The molecule has 0 amide bonds. The molecule has 7 nitrogen and oxygen atoms in total. The zero-order valence-corrected chi connectivity index (χ0v) is 12.6. The smallest absolute Gasteiger partial charge is 0.271 e. The van der Waals surface area contributed by atoms with Gasteiger partial charge in [-0.05, 0) is 25.5 Å². The van der Waals surface area contributed by atoms with Crippen molar-refractivity contribution < 1.29 is 13.3 Å². The Morgan fingerprint density at radius 2 is 2.29 bits per heavy atom. The summed E-state index contributed by atoms with van der Waals surface area (Å²) in [6.45, 7) is 0.840. The molecule has 1 saturated heterocycles. The lowest BCUT2D eigenvalue weighted by atomic mass is 10.3. The Kier molecular flexibility index (Phi) is 3.64. The van der Waals surface area contributed by atoms with Gasteiger partial charge in [0.05, 0.1) is 20.9 Å². The molecule has 1 atom stereocenters. The Bertz CT molecular complexity index is 794. The molecule has 0 unspecified atom stereocenters. The van der Waals surface area contributed by atoms with Crippen LogP contribution in [-0.2, 0) is 9.84 Å². The molecule has 9 heteroatoms. The molecule has 1 aromatic carbocycles. The highest BCUT2D eigenvalue weighted by atomic mass is 32.2. The molecular formula is C12H13N3O4S2. The molecule has 0 spiro atoms. The third kappa shape index (κ3) is 2.89. The highest BCUT2D eigenvalue weighted by Gasteiger charge is 2.26. The van der Waals surface area contributed by atoms with E-state index in [9.17, 15) is 18.5 Å². The highest BCUT2D eigenvalue weighted by Crippen LogP contribution is 2.29. The molecule has 0 radical (unpaired) electrons. The number of fused-ring (bicyclic) bond motifs is 1. The van der Waals surface area contributed by atoms with E-state index < -0.39 is 14.8 Å². The minimum absolute atomic E-state index is 0.0227. The SMILES string of the molecule is O=[N+]([O-])c1ccc2sc(S(=O)(=O)C[C@@H]3CCCN3)nc2c1. The van der Waals surface area contributed by atoms with E-state index in [1.807, 2.05) is 0 Å². The Balaban J connectivity index is 1.94. The van der Waals surface area contributed by atoms with Gasteiger partial charge >= 0.3 is 0 Å². The van der Waals surface area contributed by atoms with E-state index >= 15 is 0 Å². The number of nitrogens with zero attached hydrogens (tertiary/aromatic N) is 2. The monoisotopic (exact) mass is 327 g/mol. The first-order valence-electron chi connectivity index (χ1n) is 6.47. The summed E-state index contributed by atoms with van der Waals surface area (Å²) in [5.74, 6) is 0.0227. The molecule has 112 valence electrons. The molecule has 21 heavy (non-hydrogen) atoms. The molecule has 2 heterocycles. The summed E-state index contributed by atoms with van der Waals surface area (Å²) in [6.07, 6.45) is 1.82. The predicted octanol–water partition coefficient (Wildman–Crippen LogP) is 1.73. The van der Waals surface area contributed by atoms with Crippen molar-refractivity contribution in [2.24, 2.45) is 0 Å². The number of rotatable bonds is 4. The van der Waals surface area contributed by atoms with Crippen molar-refractivity contribution in [2.75, 3.05) is 12.3 Å². The summed E-state index contributed by atoms with van der Waals surface area (Å²) in [7, 11) is -3.46. The number of aromatic nitrogens is 1. The molecule has 0 bridgehead atoms. The number of thiazole rings is 1. The van der Waals surface area contributed by atoms with E-state index in [1.54, 1.807) is 0 Å². The number of hydrogen-bond donors (Lipinski definition) is 1. The third-order valence-electron chi connectivity index (χ3n) is 3.41. The first-order valence-corrected chi connectivity index (χ1v) is 8.94. The zero-order chi connectivity index (χ0) is 15.0. The standard InChI is InChI=1S/C12H13N3O4S2/c16-15(17)9-3-4-11-10(6-9)14-12(20-11)21(18,19)7-8-2-1-5-13-8/h3-4,6,8,13H,1-2,5,7H2/t8-/m0/s1. The molecule has 2 aromatic rings. The molecule has 0 aliphatic carbocycles. The second-order valence-electron chi connectivity index (χ2n) is 4.96. The lowest BCUT2D eigenvalue weighted by Gasteiger charge is -2.08. The summed E-state index contributed by atoms with van der Waals surface area (Å²) >= 11 is 1.06. The van der Waals surface area contributed by atoms with Crippen LogP contribution in [0, 0.1) is 10.1 Å². The van der Waals surface area contributed by atoms with Crippen molar-refractivity contribution in [1.82, 2.24) is 10.3 Å². The molecule has 1 aromatic heterocycles. The third-order valence-corrected chi connectivity index (χ3v) is 6.72. The minimum Gasteiger partial charge on any atom is -0.313 e. The quantitative estimate of drug-likeness (QED) is 0.678. The van der Waals surface area contributed by atoms with Crippen LogP contribution in [0.5, 0.6) is 0 Å². The maximum atomic E-state index is 12.4. The van der Waals surface area contributed by atoms with Crippen LogP contribution in [0.1, 0.15) is 12.8 Å². The van der Waals surface area contributed by atoms with Crippen molar-refractivity contribution in [1.29, 1.82) is 0 Å².